The third-order valence-corrected chi connectivity index (χ3v) is 16.7. The highest BCUT2D eigenvalue weighted by molar-refractivity contribution is 5.71. The Labute approximate surface area is 556 Å². The van der Waals surface area contributed by atoms with Gasteiger partial charge in [-0.3, -0.25) is 19.2 Å². The molecule has 0 bridgehead atoms. The van der Waals surface area contributed by atoms with E-state index in [1.54, 1.807) is 0 Å². The SMILES string of the molecule is CC(C)(C)c1cc(CCC(=O)OCCCCCCOC(=O)CCc2cc(C(C)(C)C)c(O)c(C(C)(C)C)c2)cc(C(C)(C)C)c1O.CC(C)(C)c1cc(CCC(=O)OCCCCCCOC(=O)CCc2cc(C(C)(C)C)c(O)c(C(C)(C)C)c2)cc(C(C)(C)C)c1O. The van der Waals surface area contributed by atoms with E-state index in [0.717, 1.165) is 118 Å². The molecule has 4 aromatic rings. The van der Waals surface area contributed by atoms with E-state index in [0.29, 0.717) is 101 Å². The molecule has 0 aliphatic carbocycles. The van der Waals surface area contributed by atoms with Crippen LogP contribution in [0.15, 0.2) is 48.5 Å². The molecule has 0 saturated heterocycles. The molecule has 4 N–H and O–H groups in total. The summed E-state index contributed by atoms with van der Waals surface area (Å²) >= 11 is 0. The van der Waals surface area contributed by atoms with Crippen molar-refractivity contribution in [3.63, 3.8) is 0 Å². The number of benzene rings is 4. The van der Waals surface area contributed by atoms with Crippen LogP contribution in [0, 0.1) is 0 Å². The van der Waals surface area contributed by atoms with Gasteiger partial charge in [0.1, 0.15) is 23.0 Å². The molecule has 0 aromatic heterocycles. The van der Waals surface area contributed by atoms with Gasteiger partial charge in [0, 0.05) is 25.7 Å². The Morgan fingerprint density at radius 2 is 0.380 bits per heavy atom. The summed E-state index contributed by atoms with van der Waals surface area (Å²) in [6.07, 6.45) is 10.1. The average Bonchev–Trinajstić information content (AvgIpc) is 0.814. The van der Waals surface area contributed by atoms with E-state index < -0.39 is 0 Å². The summed E-state index contributed by atoms with van der Waals surface area (Å²) in [7, 11) is 0. The number of unbranched alkanes of at least 4 members (excludes halogenated alkanes) is 6. The lowest BCUT2D eigenvalue weighted by molar-refractivity contribution is -0.145. The van der Waals surface area contributed by atoms with Crippen molar-refractivity contribution in [2.24, 2.45) is 0 Å². The fourth-order valence-corrected chi connectivity index (χ4v) is 11.1. The van der Waals surface area contributed by atoms with E-state index in [1.807, 2.05) is 48.5 Å². The summed E-state index contributed by atoms with van der Waals surface area (Å²) in [5.41, 5.74) is 9.66. The zero-order valence-electron chi connectivity index (χ0n) is 61.8. The predicted molar refractivity (Wildman–Crippen MR) is 376 cm³/mol. The van der Waals surface area contributed by atoms with Crippen LogP contribution in [0.2, 0.25) is 0 Å². The van der Waals surface area contributed by atoms with Gasteiger partial charge in [-0.25, -0.2) is 0 Å². The van der Waals surface area contributed by atoms with Gasteiger partial charge in [0.25, 0.3) is 0 Å². The standard InChI is InChI=1S/2C40H62O6/c2*1-37(2,3)29-23-27(24-30(35(29)43)38(4,5)6)17-19-33(41)45-21-15-13-14-16-22-46-34(42)20-18-28-25-31(39(7,8)9)36(44)32(26-28)40(10,11)12/h2*23-26,43-44H,13-22H2,1-12H3. The quantitative estimate of drug-likeness (QED) is 0.0265. The van der Waals surface area contributed by atoms with E-state index in [9.17, 15) is 39.6 Å². The second-order valence-electron chi connectivity index (χ2n) is 33.9. The molecule has 0 heterocycles. The Bertz CT molecular complexity index is 2510. The summed E-state index contributed by atoms with van der Waals surface area (Å²) in [5.74, 6) is 0.534. The fourth-order valence-electron chi connectivity index (χ4n) is 11.1. The van der Waals surface area contributed by atoms with Crippen LogP contribution in [0.1, 0.15) is 310 Å². The molecule has 4 aromatic carbocycles. The topological polar surface area (TPSA) is 186 Å². The molecule has 516 valence electrons. The van der Waals surface area contributed by atoms with Crippen molar-refractivity contribution in [1.82, 2.24) is 0 Å². The number of ether oxygens (including phenoxy) is 4. The number of phenols is 4. The lowest BCUT2D eigenvalue weighted by atomic mass is 9.78. The first kappa shape index (κ1) is 80.2. The molecular formula is C80H124O12. The monoisotopic (exact) mass is 1280 g/mol. The van der Waals surface area contributed by atoms with Gasteiger partial charge in [-0.05, 0) is 187 Å². The van der Waals surface area contributed by atoms with Crippen LogP contribution >= 0.6 is 0 Å². The van der Waals surface area contributed by atoms with Crippen LogP contribution < -0.4 is 0 Å². The Morgan fingerprint density at radius 1 is 0.250 bits per heavy atom. The minimum Gasteiger partial charge on any atom is -0.507 e. The smallest absolute Gasteiger partial charge is 0.306 e. The lowest BCUT2D eigenvalue weighted by Gasteiger charge is -2.28. The molecule has 0 saturated carbocycles. The van der Waals surface area contributed by atoms with Gasteiger partial charge < -0.3 is 39.4 Å². The summed E-state index contributed by atoms with van der Waals surface area (Å²) < 4.78 is 21.9. The number of hydrogen-bond donors (Lipinski definition) is 4. The first-order valence-electron chi connectivity index (χ1n) is 34.1. The maximum absolute atomic E-state index is 12.4. The molecule has 0 amide bonds. The zero-order chi connectivity index (χ0) is 70.2. The zero-order valence-corrected chi connectivity index (χ0v) is 61.8. The van der Waals surface area contributed by atoms with Gasteiger partial charge in [0.05, 0.1) is 26.4 Å². The summed E-state index contributed by atoms with van der Waals surface area (Å²) in [6.45, 7) is 51.5. The Kier molecular flexibility index (Phi) is 29.1. The Morgan fingerprint density at radius 3 is 0.500 bits per heavy atom. The second-order valence-corrected chi connectivity index (χ2v) is 33.9. The number of esters is 4. The van der Waals surface area contributed by atoms with Crippen molar-refractivity contribution in [2.75, 3.05) is 26.4 Å². The normalized spacial score (nSPS) is 12.7. The van der Waals surface area contributed by atoms with E-state index in [-0.39, 0.29) is 67.2 Å². The lowest BCUT2D eigenvalue weighted by Crippen LogP contribution is -2.18. The first-order chi connectivity index (χ1) is 42.0. The number of hydrogen-bond acceptors (Lipinski definition) is 12. The molecule has 12 heteroatoms. The molecule has 0 unspecified atom stereocenters. The molecule has 0 aliphatic rings. The van der Waals surface area contributed by atoms with Crippen molar-refractivity contribution in [1.29, 1.82) is 0 Å². The average molecular weight is 1280 g/mol. The maximum Gasteiger partial charge on any atom is 0.306 e. The predicted octanol–water partition coefficient (Wildman–Crippen LogP) is 19.0. The van der Waals surface area contributed by atoms with E-state index in [2.05, 4.69) is 166 Å². The maximum atomic E-state index is 12.4. The Balaban J connectivity index is 0.000000480. The molecule has 0 fully saturated rings. The number of aryl methyl sites for hydroxylation is 4. The molecule has 92 heavy (non-hydrogen) atoms. The number of aromatic hydroxyl groups is 4. The summed E-state index contributed by atoms with van der Waals surface area (Å²) in [5, 5.41) is 43.7. The third kappa shape index (κ3) is 26.4. The largest absolute Gasteiger partial charge is 0.507 e. The van der Waals surface area contributed by atoms with Crippen molar-refractivity contribution in [3.8, 4) is 23.0 Å². The van der Waals surface area contributed by atoms with Gasteiger partial charge in [-0.15, -0.1) is 0 Å². The molecular weight excluding hydrogens is 1150 g/mol. The second kappa shape index (κ2) is 33.4. The highest BCUT2D eigenvalue weighted by Gasteiger charge is 2.31. The van der Waals surface area contributed by atoms with E-state index in [4.69, 9.17) is 18.9 Å². The Hall–Kier alpha value is -6.04. The van der Waals surface area contributed by atoms with Crippen molar-refractivity contribution in [3.05, 3.63) is 115 Å². The van der Waals surface area contributed by atoms with Crippen molar-refractivity contribution >= 4 is 23.9 Å². The highest BCUT2D eigenvalue weighted by Crippen LogP contribution is 2.44. The minimum atomic E-state index is -0.213. The summed E-state index contributed by atoms with van der Waals surface area (Å²) in [4.78, 5) is 49.7. The molecule has 4 rings (SSSR count). The van der Waals surface area contributed by atoms with Gasteiger partial charge in [0.15, 0.2) is 0 Å². The number of carbonyl (C=O) groups is 4. The molecule has 12 nitrogen and oxygen atoms in total. The molecule has 0 aliphatic heterocycles. The van der Waals surface area contributed by atoms with Crippen LogP contribution in [-0.2, 0) is 107 Å². The van der Waals surface area contributed by atoms with E-state index in [1.165, 1.54) is 0 Å². The molecule has 0 atom stereocenters. The number of carbonyl (C=O) groups excluding carboxylic acids is 4. The van der Waals surface area contributed by atoms with Crippen LogP contribution in [0.5, 0.6) is 23.0 Å². The van der Waals surface area contributed by atoms with Gasteiger partial charge >= 0.3 is 23.9 Å². The van der Waals surface area contributed by atoms with Crippen molar-refractivity contribution in [2.45, 2.75) is 312 Å². The van der Waals surface area contributed by atoms with E-state index >= 15 is 0 Å². The molecule has 0 radical (unpaired) electrons. The van der Waals surface area contributed by atoms with Gasteiger partial charge in [-0.1, -0.05) is 215 Å². The van der Waals surface area contributed by atoms with Crippen LogP contribution in [0.4, 0.5) is 0 Å². The molecule has 0 spiro atoms. The number of phenolic OH excluding ortho intramolecular Hbond substituents is 4. The van der Waals surface area contributed by atoms with Crippen molar-refractivity contribution < 1.29 is 58.6 Å². The first-order valence-corrected chi connectivity index (χ1v) is 34.1. The number of rotatable bonds is 26. The van der Waals surface area contributed by atoms with Crippen LogP contribution in [-0.4, -0.2) is 70.7 Å². The summed E-state index contributed by atoms with van der Waals surface area (Å²) in [6, 6.07) is 16.1. The highest BCUT2D eigenvalue weighted by atomic mass is 16.5. The van der Waals surface area contributed by atoms with Gasteiger partial charge in [-0.2, -0.15) is 0 Å². The third-order valence-electron chi connectivity index (χ3n) is 16.7. The van der Waals surface area contributed by atoms with Gasteiger partial charge in [0.2, 0.25) is 0 Å². The minimum absolute atomic E-state index is 0.209. The van der Waals surface area contributed by atoms with Crippen LogP contribution in [0.3, 0.4) is 0 Å². The fraction of sp³-hybridized carbons (Fsp3) is 0.650. The van der Waals surface area contributed by atoms with Crippen LogP contribution in [0.25, 0.3) is 0 Å².